The lowest BCUT2D eigenvalue weighted by Crippen LogP contribution is -2.42. The van der Waals surface area contributed by atoms with Crippen molar-refractivity contribution in [1.29, 1.82) is 0 Å². The van der Waals surface area contributed by atoms with Crippen molar-refractivity contribution in [3.8, 4) is 0 Å². The molecule has 1 aromatic carbocycles. The van der Waals surface area contributed by atoms with Crippen molar-refractivity contribution in [2.45, 2.75) is 32.1 Å². The van der Waals surface area contributed by atoms with Gasteiger partial charge in [-0.1, -0.05) is 25.4 Å². The minimum absolute atomic E-state index is 0.0244. The molecule has 1 aliphatic heterocycles. The number of sulfonamides is 1. The summed E-state index contributed by atoms with van der Waals surface area (Å²) in [6.07, 6.45) is 0.986. The number of benzene rings is 1. The molecule has 1 heterocycles. The normalized spacial score (nSPS) is 20.9. The third-order valence-corrected chi connectivity index (χ3v) is 6.60. The number of carbonyl (C=O) groups is 2. The third-order valence-electron chi connectivity index (χ3n) is 4.44. The van der Waals surface area contributed by atoms with Gasteiger partial charge in [0.1, 0.15) is 0 Å². The number of likely N-dealkylation sites (N-methyl/N-ethyl adjacent to an activating group) is 1. The number of hydrogen-bond donors (Lipinski definition) is 2. The maximum absolute atomic E-state index is 13.0. The third kappa shape index (κ3) is 5.43. The van der Waals surface area contributed by atoms with E-state index >= 15 is 0 Å². The molecule has 9 heteroatoms. The van der Waals surface area contributed by atoms with Crippen LogP contribution in [0.3, 0.4) is 0 Å². The predicted molar refractivity (Wildman–Crippen MR) is 104 cm³/mol. The summed E-state index contributed by atoms with van der Waals surface area (Å²) in [5.41, 5.74) is 0.0279. The SMILES string of the molecule is CCNC(=O)CNC(=O)c1cc(S(=O)(=O)N2C[C@H](C)C[C@@H](C)C2)ccc1Cl. The molecule has 0 saturated carbocycles. The zero-order chi connectivity index (χ0) is 20.2. The number of nitrogens with zero attached hydrogens (tertiary/aromatic N) is 1. The largest absolute Gasteiger partial charge is 0.355 e. The summed E-state index contributed by atoms with van der Waals surface area (Å²) in [6.45, 7) is 6.98. The molecule has 1 saturated heterocycles. The fourth-order valence-corrected chi connectivity index (χ4v) is 5.22. The van der Waals surface area contributed by atoms with Crippen LogP contribution in [0, 0.1) is 11.8 Å². The maximum atomic E-state index is 13.0. The van der Waals surface area contributed by atoms with Gasteiger partial charge >= 0.3 is 0 Å². The van der Waals surface area contributed by atoms with E-state index in [0.717, 1.165) is 6.42 Å². The zero-order valence-electron chi connectivity index (χ0n) is 15.8. The monoisotopic (exact) mass is 415 g/mol. The van der Waals surface area contributed by atoms with Gasteiger partial charge in [0.05, 0.1) is 22.0 Å². The second kappa shape index (κ2) is 9.03. The molecule has 2 N–H and O–H groups in total. The topological polar surface area (TPSA) is 95.6 Å². The zero-order valence-corrected chi connectivity index (χ0v) is 17.4. The molecule has 1 aliphatic rings. The molecule has 150 valence electrons. The van der Waals surface area contributed by atoms with Gasteiger partial charge in [-0.25, -0.2) is 8.42 Å². The summed E-state index contributed by atoms with van der Waals surface area (Å²) >= 11 is 6.08. The highest BCUT2D eigenvalue weighted by Gasteiger charge is 2.32. The number of halogens is 1. The summed E-state index contributed by atoms with van der Waals surface area (Å²) in [4.78, 5) is 23.9. The molecule has 0 bridgehead atoms. The van der Waals surface area contributed by atoms with Crippen molar-refractivity contribution in [1.82, 2.24) is 14.9 Å². The van der Waals surface area contributed by atoms with Crippen LogP contribution < -0.4 is 10.6 Å². The fourth-order valence-electron chi connectivity index (χ4n) is 3.31. The highest BCUT2D eigenvalue weighted by atomic mass is 35.5. The van der Waals surface area contributed by atoms with Gasteiger partial charge in [-0.3, -0.25) is 9.59 Å². The van der Waals surface area contributed by atoms with E-state index in [4.69, 9.17) is 11.6 Å². The second-order valence-electron chi connectivity index (χ2n) is 7.05. The molecular formula is C18H26ClN3O4S. The fraction of sp³-hybridized carbons (Fsp3) is 0.556. The summed E-state index contributed by atoms with van der Waals surface area (Å²) in [6, 6.07) is 4.07. The highest BCUT2D eigenvalue weighted by molar-refractivity contribution is 7.89. The van der Waals surface area contributed by atoms with Crippen molar-refractivity contribution in [3.63, 3.8) is 0 Å². The van der Waals surface area contributed by atoms with E-state index in [1.165, 1.54) is 22.5 Å². The van der Waals surface area contributed by atoms with Gasteiger partial charge in [-0.15, -0.1) is 0 Å². The highest BCUT2D eigenvalue weighted by Crippen LogP contribution is 2.28. The van der Waals surface area contributed by atoms with Crippen molar-refractivity contribution < 1.29 is 18.0 Å². The van der Waals surface area contributed by atoms with Gasteiger partial charge in [0, 0.05) is 19.6 Å². The molecule has 0 aromatic heterocycles. The molecule has 27 heavy (non-hydrogen) atoms. The van der Waals surface area contributed by atoms with Crippen molar-refractivity contribution in [3.05, 3.63) is 28.8 Å². The van der Waals surface area contributed by atoms with E-state index in [9.17, 15) is 18.0 Å². The predicted octanol–water partition coefficient (Wildman–Crippen LogP) is 1.87. The quantitative estimate of drug-likeness (QED) is 0.741. The first-order chi connectivity index (χ1) is 12.6. The molecule has 1 fully saturated rings. The van der Waals surface area contributed by atoms with Crippen LogP contribution in [-0.2, 0) is 14.8 Å². The number of piperidine rings is 1. The minimum atomic E-state index is -3.73. The molecule has 2 atom stereocenters. The van der Waals surface area contributed by atoms with Crippen LogP contribution in [0.15, 0.2) is 23.1 Å². The van der Waals surface area contributed by atoms with Gasteiger partial charge in [0.15, 0.2) is 0 Å². The Bertz CT molecular complexity index is 803. The van der Waals surface area contributed by atoms with E-state index < -0.39 is 15.9 Å². The van der Waals surface area contributed by atoms with Crippen molar-refractivity contribution in [2.24, 2.45) is 11.8 Å². The van der Waals surface area contributed by atoms with Crippen LogP contribution in [0.4, 0.5) is 0 Å². The summed E-state index contributed by atoms with van der Waals surface area (Å²) in [5.74, 6) is -0.378. The van der Waals surface area contributed by atoms with Crippen LogP contribution in [0.2, 0.25) is 5.02 Å². The van der Waals surface area contributed by atoms with Gasteiger partial charge in [-0.2, -0.15) is 4.31 Å². The Morgan fingerprint density at radius 3 is 2.41 bits per heavy atom. The number of hydrogen-bond acceptors (Lipinski definition) is 4. The first-order valence-electron chi connectivity index (χ1n) is 8.99. The molecule has 2 rings (SSSR count). The van der Waals surface area contributed by atoms with Crippen LogP contribution in [-0.4, -0.2) is 50.7 Å². The summed E-state index contributed by atoms with van der Waals surface area (Å²) in [7, 11) is -3.73. The van der Waals surface area contributed by atoms with Gasteiger partial charge in [0.25, 0.3) is 5.91 Å². The van der Waals surface area contributed by atoms with Crippen molar-refractivity contribution in [2.75, 3.05) is 26.2 Å². The van der Waals surface area contributed by atoms with E-state index in [-0.39, 0.29) is 39.8 Å². The Labute approximate surface area is 165 Å². The molecule has 0 aliphatic carbocycles. The van der Waals surface area contributed by atoms with E-state index in [0.29, 0.717) is 19.6 Å². The molecule has 0 unspecified atom stereocenters. The lowest BCUT2D eigenvalue weighted by molar-refractivity contribution is -0.120. The van der Waals surface area contributed by atoms with Gasteiger partial charge in [0.2, 0.25) is 15.9 Å². The number of nitrogens with one attached hydrogen (secondary N) is 2. The van der Waals surface area contributed by atoms with Crippen LogP contribution in [0.1, 0.15) is 37.6 Å². The Hall–Kier alpha value is -1.64. The van der Waals surface area contributed by atoms with Crippen LogP contribution >= 0.6 is 11.6 Å². The van der Waals surface area contributed by atoms with E-state index in [1.807, 2.05) is 13.8 Å². The van der Waals surface area contributed by atoms with E-state index in [2.05, 4.69) is 10.6 Å². The Morgan fingerprint density at radius 2 is 1.81 bits per heavy atom. The molecule has 2 amide bonds. The Morgan fingerprint density at radius 1 is 1.19 bits per heavy atom. The smallest absolute Gasteiger partial charge is 0.253 e. The molecular weight excluding hydrogens is 390 g/mol. The van der Waals surface area contributed by atoms with Gasteiger partial charge in [-0.05, 0) is 43.4 Å². The number of rotatable bonds is 6. The van der Waals surface area contributed by atoms with Gasteiger partial charge < -0.3 is 10.6 Å². The second-order valence-corrected chi connectivity index (χ2v) is 9.39. The van der Waals surface area contributed by atoms with Crippen molar-refractivity contribution >= 4 is 33.4 Å². The van der Waals surface area contributed by atoms with Crippen LogP contribution in [0.5, 0.6) is 0 Å². The maximum Gasteiger partial charge on any atom is 0.253 e. The first kappa shape index (κ1) is 21.7. The van der Waals surface area contributed by atoms with E-state index in [1.54, 1.807) is 6.92 Å². The summed E-state index contributed by atoms with van der Waals surface area (Å²) in [5, 5.41) is 5.15. The average molecular weight is 416 g/mol. The standard InChI is InChI=1S/C18H26ClN3O4S/c1-4-20-17(23)9-21-18(24)15-8-14(5-6-16(15)19)27(25,26)22-10-12(2)7-13(3)11-22/h5-6,8,12-13H,4,7,9-11H2,1-3H3,(H,20,23)(H,21,24)/t12-,13-/m1/s1. The summed E-state index contributed by atoms with van der Waals surface area (Å²) < 4.78 is 27.5. The van der Waals surface area contributed by atoms with Crippen LogP contribution in [0.25, 0.3) is 0 Å². The lowest BCUT2D eigenvalue weighted by Gasteiger charge is -2.34. The minimum Gasteiger partial charge on any atom is -0.355 e. The number of carbonyl (C=O) groups excluding carboxylic acids is 2. The Balaban J connectivity index is 2.22. The Kier molecular flexibility index (Phi) is 7.25. The number of amides is 2. The molecule has 7 nitrogen and oxygen atoms in total. The molecule has 1 aromatic rings. The average Bonchev–Trinajstić information content (AvgIpc) is 2.59. The lowest BCUT2D eigenvalue weighted by atomic mass is 9.94. The molecule has 0 radical (unpaired) electrons. The molecule has 0 spiro atoms. The first-order valence-corrected chi connectivity index (χ1v) is 10.8.